The molecule has 1 heterocycles. The van der Waals surface area contributed by atoms with Gasteiger partial charge in [0.2, 0.25) is 5.91 Å². The van der Waals surface area contributed by atoms with Gasteiger partial charge in [0.1, 0.15) is 0 Å². The number of nitrogens with one attached hydrogen (secondary N) is 2. The molecule has 0 atom stereocenters. The lowest BCUT2D eigenvalue weighted by molar-refractivity contribution is -0.123. The lowest BCUT2D eigenvalue weighted by Crippen LogP contribution is -2.39. The topological polar surface area (TPSA) is 71.3 Å². The molecule has 2 N–H and O–H groups in total. The first-order chi connectivity index (χ1) is 11.1. The summed E-state index contributed by atoms with van der Waals surface area (Å²) >= 11 is 6.01. The molecule has 0 radical (unpaired) electrons. The van der Waals surface area contributed by atoms with Crippen molar-refractivity contribution in [3.8, 4) is 0 Å². The van der Waals surface area contributed by atoms with E-state index in [-0.39, 0.29) is 17.6 Å². The van der Waals surface area contributed by atoms with E-state index in [4.69, 9.17) is 16.0 Å². The lowest BCUT2D eigenvalue weighted by atomic mass is 9.95. The molecule has 1 fully saturated rings. The minimum atomic E-state index is -0.462. The van der Waals surface area contributed by atoms with Gasteiger partial charge in [-0.05, 0) is 42.7 Å². The van der Waals surface area contributed by atoms with Crippen molar-refractivity contribution in [2.75, 3.05) is 13.1 Å². The molecule has 1 aromatic heterocycles. The molecule has 0 bridgehead atoms. The summed E-state index contributed by atoms with van der Waals surface area (Å²) in [5.41, 5.74) is 0.484. The highest BCUT2D eigenvalue weighted by molar-refractivity contribution is 6.30. The van der Waals surface area contributed by atoms with Crippen molar-refractivity contribution in [3.63, 3.8) is 0 Å². The van der Waals surface area contributed by atoms with Gasteiger partial charge in [0, 0.05) is 18.1 Å². The smallest absolute Gasteiger partial charge is 0.287 e. The largest absolute Gasteiger partial charge is 0.459 e. The molecule has 0 saturated heterocycles. The SMILES string of the molecule is O=C(NCCNC(=O)C1(c2cccc(Cl)c2)CC1)c1ccco1. The monoisotopic (exact) mass is 332 g/mol. The van der Waals surface area contributed by atoms with Crippen LogP contribution in [-0.2, 0) is 10.2 Å². The predicted molar refractivity (Wildman–Crippen MR) is 86.4 cm³/mol. The van der Waals surface area contributed by atoms with Gasteiger partial charge in [-0.1, -0.05) is 23.7 Å². The Morgan fingerprint density at radius 2 is 1.91 bits per heavy atom. The van der Waals surface area contributed by atoms with Crippen molar-refractivity contribution in [2.45, 2.75) is 18.3 Å². The predicted octanol–water partition coefficient (Wildman–Crippen LogP) is 2.51. The van der Waals surface area contributed by atoms with Gasteiger partial charge >= 0.3 is 0 Å². The molecule has 1 saturated carbocycles. The Bertz CT molecular complexity index is 708. The molecule has 120 valence electrons. The Labute approximate surface area is 139 Å². The van der Waals surface area contributed by atoms with E-state index >= 15 is 0 Å². The van der Waals surface area contributed by atoms with Crippen LogP contribution >= 0.6 is 11.6 Å². The molecule has 0 aliphatic heterocycles. The first kappa shape index (κ1) is 15.6. The van der Waals surface area contributed by atoms with Gasteiger partial charge in [-0.25, -0.2) is 0 Å². The number of carbonyl (C=O) groups excluding carboxylic acids is 2. The highest BCUT2D eigenvalue weighted by Gasteiger charge is 2.51. The van der Waals surface area contributed by atoms with Gasteiger partial charge in [-0.15, -0.1) is 0 Å². The van der Waals surface area contributed by atoms with Crippen molar-refractivity contribution in [2.24, 2.45) is 0 Å². The lowest BCUT2D eigenvalue weighted by Gasteiger charge is -2.16. The maximum absolute atomic E-state index is 12.4. The van der Waals surface area contributed by atoms with Gasteiger partial charge in [-0.2, -0.15) is 0 Å². The fourth-order valence-electron chi connectivity index (χ4n) is 2.57. The van der Waals surface area contributed by atoms with Gasteiger partial charge < -0.3 is 15.1 Å². The second kappa shape index (κ2) is 6.46. The molecule has 5 nitrogen and oxygen atoms in total. The molecule has 0 spiro atoms. The number of hydrogen-bond donors (Lipinski definition) is 2. The van der Waals surface area contributed by atoms with Crippen LogP contribution in [0.15, 0.2) is 47.1 Å². The number of rotatable bonds is 6. The van der Waals surface area contributed by atoms with Crippen LogP contribution in [0.1, 0.15) is 29.0 Å². The van der Waals surface area contributed by atoms with Crippen molar-refractivity contribution in [3.05, 3.63) is 59.0 Å². The Morgan fingerprint density at radius 3 is 2.57 bits per heavy atom. The quantitative estimate of drug-likeness (QED) is 0.798. The molecule has 6 heteroatoms. The summed E-state index contributed by atoms with van der Waals surface area (Å²) in [6, 6.07) is 10.7. The molecule has 2 aromatic rings. The number of hydrogen-bond acceptors (Lipinski definition) is 3. The molecule has 1 aliphatic rings. The van der Waals surface area contributed by atoms with Crippen LogP contribution in [0.2, 0.25) is 5.02 Å². The highest BCUT2D eigenvalue weighted by atomic mass is 35.5. The summed E-state index contributed by atoms with van der Waals surface area (Å²) < 4.78 is 4.99. The van der Waals surface area contributed by atoms with E-state index in [1.165, 1.54) is 6.26 Å². The summed E-state index contributed by atoms with van der Waals surface area (Å²) in [6.07, 6.45) is 3.08. The number of amides is 2. The van der Waals surface area contributed by atoms with E-state index in [0.29, 0.717) is 18.1 Å². The average molecular weight is 333 g/mol. The van der Waals surface area contributed by atoms with Crippen LogP contribution < -0.4 is 10.6 Å². The van der Waals surface area contributed by atoms with Crippen molar-refractivity contribution >= 4 is 23.4 Å². The van der Waals surface area contributed by atoms with Crippen molar-refractivity contribution in [1.82, 2.24) is 10.6 Å². The Kier molecular flexibility index (Phi) is 4.39. The number of benzene rings is 1. The van der Waals surface area contributed by atoms with E-state index in [9.17, 15) is 9.59 Å². The van der Waals surface area contributed by atoms with Crippen molar-refractivity contribution < 1.29 is 14.0 Å². The molecule has 1 aromatic carbocycles. The molecule has 2 amide bonds. The Balaban J connectivity index is 1.49. The summed E-state index contributed by atoms with van der Waals surface area (Å²) in [5.74, 6) is -0.0545. The maximum atomic E-state index is 12.4. The summed E-state index contributed by atoms with van der Waals surface area (Å²) in [4.78, 5) is 24.1. The van der Waals surface area contributed by atoms with Crippen LogP contribution in [0.3, 0.4) is 0 Å². The first-order valence-electron chi connectivity index (χ1n) is 7.48. The summed E-state index contributed by atoms with van der Waals surface area (Å²) in [7, 11) is 0. The van der Waals surface area contributed by atoms with E-state index in [1.807, 2.05) is 18.2 Å². The molecule has 0 unspecified atom stereocenters. The minimum absolute atomic E-state index is 0.0213. The summed E-state index contributed by atoms with van der Waals surface area (Å²) in [5, 5.41) is 6.20. The first-order valence-corrected chi connectivity index (χ1v) is 7.86. The zero-order valence-corrected chi connectivity index (χ0v) is 13.2. The zero-order chi connectivity index (χ0) is 16.3. The van der Waals surface area contributed by atoms with Gasteiger partial charge in [0.15, 0.2) is 5.76 Å². The van der Waals surface area contributed by atoms with Crippen LogP contribution in [0.4, 0.5) is 0 Å². The second-order valence-electron chi connectivity index (χ2n) is 5.58. The van der Waals surface area contributed by atoms with Crippen LogP contribution in [0.5, 0.6) is 0 Å². The maximum Gasteiger partial charge on any atom is 0.287 e. The normalized spacial score (nSPS) is 15.0. The Morgan fingerprint density at radius 1 is 1.13 bits per heavy atom. The Hall–Kier alpha value is -2.27. The van der Waals surface area contributed by atoms with E-state index < -0.39 is 5.41 Å². The number of halogens is 1. The van der Waals surface area contributed by atoms with Gasteiger partial charge in [-0.3, -0.25) is 9.59 Å². The summed E-state index contributed by atoms with van der Waals surface area (Å²) in [6.45, 7) is 0.713. The van der Waals surface area contributed by atoms with E-state index in [0.717, 1.165) is 18.4 Å². The zero-order valence-electron chi connectivity index (χ0n) is 12.5. The average Bonchev–Trinajstić information content (AvgIpc) is 3.18. The van der Waals surface area contributed by atoms with Crippen LogP contribution in [-0.4, -0.2) is 24.9 Å². The third-order valence-electron chi connectivity index (χ3n) is 4.00. The van der Waals surface area contributed by atoms with Gasteiger partial charge in [0.05, 0.1) is 11.7 Å². The molecular formula is C17H17ClN2O3. The molecule has 3 rings (SSSR count). The fraction of sp³-hybridized carbons (Fsp3) is 0.294. The van der Waals surface area contributed by atoms with E-state index in [2.05, 4.69) is 10.6 Å². The van der Waals surface area contributed by atoms with Crippen molar-refractivity contribution in [1.29, 1.82) is 0 Å². The van der Waals surface area contributed by atoms with Gasteiger partial charge in [0.25, 0.3) is 5.91 Å². The minimum Gasteiger partial charge on any atom is -0.459 e. The van der Waals surface area contributed by atoms with Crippen LogP contribution in [0, 0.1) is 0 Å². The van der Waals surface area contributed by atoms with E-state index in [1.54, 1.807) is 18.2 Å². The molecule has 23 heavy (non-hydrogen) atoms. The third-order valence-corrected chi connectivity index (χ3v) is 4.24. The standard InChI is InChI=1S/C17H17ClN2O3/c18-13-4-1-3-12(11-13)17(6-7-17)16(22)20-9-8-19-15(21)14-5-2-10-23-14/h1-5,10-11H,6-9H2,(H,19,21)(H,20,22). The fourth-order valence-corrected chi connectivity index (χ4v) is 2.76. The number of carbonyl (C=O) groups is 2. The molecular weight excluding hydrogens is 316 g/mol. The number of furan rings is 1. The second-order valence-corrected chi connectivity index (χ2v) is 6.02. The third kappa shape index (κ3) is 3.40. The highest BCUT2D eigenvalue weighted by Crippen LogP contribution is 2.48. The van der Waals surface area contributed by atoms with Crippen LogP contribution in [0.25, 0.3) is 0 Å². The molecule has 1 aliphatic carbocycles.